The Kier molecular flexibility index (Phi) is 6.24. The van der Waals surface area contributed by atoms with Crippen molar-refractivity contribution in [3.63, 3.8) is 0 Å². The van der Waals surface area contributed by atoms with Crippen molar-refractivity contribution in [2.75, 3.05) is 13.6 Å². The summed E-state index contributed by atoms with van der Waals surface area (Å²) in [5.74, 6) is 0.833. The predicted octanol–water partition coefficient (Wildman–Crippen LogP) is 2.59. The molecule has 0 saturated carbocycles. The molecule has 1 unspecified atom stereocenters. The van der Waals surface area contributed by atoms with Crippen molar-refractivity contribution in [1.82, 2.24) is 5.32 Å². The van der Waals surface area contributed by atoms with Crippen molar-refractivity contribution in [2.24, 2.45) is 5.92 Å². The quantitative estimate of drug-likeness (QED) is 0.581. The first kappa shape index (κ1) is 10.7. The molecule has 0 saturated heterocycles. The minimum Gasteiger partial charge on any atom is -0.320 e. The van der Waals surface area contributed by atoms with Crippen molar-refractivity contribution in [3.8, 4) is 0 Å². The average molecular weight is 155 g/mol. The van der Waals surface area contributed by atoms with Gasteiger partial charge in [0.15, 0.2) is 0 Å². The summed E-state index contributed by atoms with van der Waals surface area (Å²) in [7, 11) is 2.01. The lowest BCUT2D eigenvalue weighted by Gasteiger charge is -2.09. The molecule has 66 valence electrons. The van der Waals surface area contributed by atoms with E-state index in [1.807, 2.05) is 7.05 Å². The van der Waals surface area contributed by atoms with E-state index in [0.29, 0.717) is 0 Å². The highest BCUT2D eigenvalue weighted by Crippen LogP contribution is 2.12. The largest absolute Gasteiger partial charge is 0.320 e. The predicted molar refractivity (Wildman–Crippen MR) is 51.8 cm³/mol. The molecule has 0 aliphatic rings. The standard InChI is InChI=1S/C10H21N/c1-9(2)5-6-10(3)7-8-11-4/h10-11H,1,5-8H2,2-4H3. The molecular weight excluding hydrogens is 134 g/mol. The van der Waals surface area contributed by atoms with Gasteiger partial charge < -0.3 is 5.32 Å². The molecule has 0 rings (SSSR count). The van der Waals surface area contributed by atoms with Crippen LogP contribution in [0.2, 0.25) is 0 Å². The molecule has 0 aliphatic heterocycles. The highest BCUT2D eigenvalue weighted by Gasteiger charge is 2.00. The van der Waals surface area contributed by atoms with Gasteiger partial charge in [-0.05, 0) is 45.7 Å². The van der Waals surface area contributed by atoms with E-state index in [-0.39, 0.29) is 0 Å². The maximum absolute atomic E-state index is 3.89. The first-order valence-corrected chi connectivity index (χ1v) is 4.45. The molecule has 0 heterocycles. The van der Waals surface area contributed by atoms with E-state index in [4.69, 9.17) is 0 Å². The Morgan fingerprint density at radius 2 is 2.09 bits per heavy atom. The fourth-order valence-corrected chi connectivity index (χ4v) is 1.03. The van der Waals surface area contributed by atoms with Crippen LogP contribution in [0.4, 0.5) is 0 Å². The van der Waals surface area contributed by atoms with Crippen LogP contribution in [0.5, 0.6) is 0 Å². The smallest absolute Gasteiger partial charge is 0.00494 e. The minimum atomic E-state index is 0.833. The van der Waals surface area contributed by atoms with Gasteiger partial charge in [0.1, 0.15) is 0 Å². The topological polar surface area (TPSA) is 12.0 Å². The molecule has 0 aromatic carbocycles. The van der Waals surface area contributed by atoms with Crippen molar-refractivity contribution in [2.45, 2.75) is 33.1 Å². The monoisotopic (exact) mass is 155 g/mol. The summed E-state index contributed by atoms with van der Waals surface area (Å²) in [6.45, 7) is 9.44. The van der Waals surface area contributed by atoms with Gasteiger partial charge in [0, 0.05) is 0 Å². The Morgan fingerprint density at radius 1 is 1.45 bits per heavy atom. The van der Waals surface area contributed by atoms with Crippen LogP contribution in [-0.4, -0.2) is 13.6 Å². The lowest BCUT2D eigenvalue weighted by Crippen LogP contribution is -2.11. The molecule has 0 spiro atoms. The second-order valence-corrected chi connectivity index (χ2v) is 3.49. The van der Waals surface area contributed by atoms with Crippen LogP contribution in [0.1, 0.15) is 33.1 Å². The minimum absolute atomic E-state index is 0.833. The summed E-state index contributed by atoms with van der Waals surface area (Å²) in [5.41, 5.74) is 1.31. The van der Waals surface area contributed by atoms with Crippen molar-refractivity contribution in [1.29, 1.82) is 0 Å². The summed E-state index contributed by atoms with van der Waals surface area (Å²) in [6, 6.07) is 0. The molecule has 1 atom stereocenters. The normalized spacial score (nSPS) is 13.0. The third-order valence-electron chi connectivity index (χ3n) is 1.95. The van der Waals surface area contributed by atoms with Gasteiger partial charge in [-0.1, -0.05) is 12.5 Å². The molecule has 1 nitrogen and oxygen atoms in total. The zero-order chi connectivity index (χ0) is 8.69. The lowest BCUT2D eigenvalue weighted by atomic mass is 9.99. The van der Waals surface area contributed by atoms with Crippen LogP contribution < -0.4 is 5.32 Å². The Bertz CT molecular complexity index is 107. The Hall–Kier alpha value is -0.300. The first-order valence-electron chi connectivity index (χ1n) is 4.45. The maximum atomic E-state index is 3.89. The maximum Gasteiger partial charge on any atom is -0.00494 e. The molecule has 0 bridgehead atoms. The van der Waals surface area contributed by atoms with Crippen molar-refractivity contribution in [3.05, 3.63) is 12.2 Å². The fourth-order valence-electron chi connectivity index (χ4n) is 1.03. The van der Waals surface area contributed by atoms with Gasteiger partial charge in [0.05, 0.1) is 0 Å². The molecule has 1 N–H and O–H groups in total. The second-order valence-electron chi connectivity index (χ2n) is 3.49. The molecule has 0 aliphatic carbocycles. The summed E-state index contributed by atoms with van der Waals surface area (Å²) >= 11 is 0. The number of nitrogens with one attached hydrogen (secondary N) is 1. The number of rotatable bonds is 6. The second kappa shape index (κ2) is 6.41. The van der Waals surface area contributed by atoms with Gasteiger partial charge in [-0.15, -0.1) is 6.58 Å². The zero-order valence-electron chi connectivity index (χ0n) is 8.11. The van der Waals surface area contributed by atoms with E-state index < -0.39 is 0 Å². The van der Waals surface area contributed by atoms with E-state index in [0.717, 1.165) is 12.5 Å². The van der Waals surface area contributed by atoms with Crippen LogP contribution in [0.15, 0.2) is 12.2 Å². The average Bonchev–Trinajstić information content (AvgIpc) is 1.97. The van der Waals surface area contributed by atoms with Crippen LogP contribution in [0, 0.1) is 5.92 Å². The third kappa shape index (κ3) is 7.60. The van der Waals surface area contributed by atoms with Gasteiger partial charge in [-0.25, -0.2) is 0 Å². The summed E-state index contributed by atoms with van der Waals surface area (Å²) in [4.78, 5) is 0. The van der Waals surface area contributed by atoms with Gasteiger partial charge in [0.25, 0.3) is 0 Å². The number of hydrogen-bond acceptors (Lipinski definition) is 1. The van der Waals surface area contributed by atoms with Crippen molar-refractivity contribution < 1.29 is 0 Å². The summed E-state index contributed by atoms with van der Waals surface area (Å²) in [6.07, 6.45) is 3.76. The van der Waals surface area contributed by atoms with E-state index in [2.05, 4.69) is 25.7 Å². The highest BCUT2D eigenvalue weighted by atomic mass is 14.8. The molecule has 0 radical (unpaired) electrons. The van der Waals surface area contributed by atoms with Gasteiger partial charge in [-0.3, -0.25) is 0 Å². The van der Waals surface area contributed by atoms with Crippen LogP contribution in [0.3, 0.4) is 0 Å². The number of hydrogen-bond donors (Lipinski definition) is 1. The Morgan fingerprint density at radius 3 is 2.55 bits per heavy atom. The molecule has 0 aromatic heterocycles. The van der Waals surface area contributed by atoms with Crippen LogP contribution in [0.25, 0.3) is 0 Å². The van der Waals surface area contributed by atoms with E-state index in [1.54, 1.807) is 0 Å². The highest BCUT2D eigenvalue weighted by molar-refractivity contribution is 4.87. The third-order valence-corrected chi connectivity index (χ3v) is 1.95. The molecular formula is C10H21N. The van der Waals surface area contributed by atoms with E-state index in [1.165, 1.54) is 24.8 Å². The van der Waals surface area contributed by atoms with E-state index in [9.17, 15) is 0 Å². The van der Waals surface area contributed by atoms with Crippen LogP contribution >= 0.6 is 0 Å². The van der Waals surface area contributed by atoms with Crippen LogP contribution in [-0.2, 0) is 0 Å². The Balaban J connectivity index is 3.22. The summed E-state index contributed by atoms with van der Waals surface area (Å²) in [5, 5.41) is 3.16. The number of allylic oxidation sites excluding steroid dienone is 1. The summed E-state index contributed by atoms with van der Waals surface area (Å²) < 4.78 is 0. The van der Waals surface area contributed by atoms with Gasteiger partial charge in [0.2, 0.25) is 0 Å². The van der Waals surface area contributed by atoms with Crippen molar-refractivity contribution >= 4 is 0 Å². The molecule has 0 amide bonds. The Labute approximate surface area is 70.9 Å². The van der Waals surface area contributed by atoms with Gasteiger partial charge in [-0.2, -0.15) is 0 Å². The fraction of sp³-hybridized carbons (Fsp3) is 0.800. The van der Waals surface area contributed by atoms with Gasteiger partial charge >= 0.3 is 0 Å². The molecule has 1 heteroatoms. The molecule has 0 fully saturated rings. The SMILES string of the molecule is C=C(C)CCC(C)CCNC. The molecule has 11 heavy (non-hydrogen) atoms. The van der Waals surface area contributed by atoms with E-state index >= 15 is 0 Å². The first-order chi connectivity index (χ1) is 5.16. The lowest BCUT2D eigenvalue weighted by molar-refractivity contribution is 0.481. The molecule has 0 aromatic rings. The zero-order valence-corrected chi connectivity index (χ0v) is 8.11.